The SMILES string of the molecule is CCOc1ccccc1C1=CCN(C(=O)[C@H]2CCN(C)C(=O)C2)CC1. The Labute approximate surface area is 149 Å². The van der Waals surface area contributed by atoms with E-state index in [4.69, 9.17) is 4.74 Å². The summed E-state index contributed by atoms with van der Waals surface area (Å²) in [6, 6.07) is 8.05. The molecule has 0 radical (unpaired) electrons. The Morgan fingerprint density at radius 1 is 1.28 bits per heavy atom. The Hall–Kier alpha value is -2.30. The molecule has 1 atom stereocenters. The molecule has 0 saturated carbocycles. The van der Waals surface area contributed by atoms with Gasteiger partial charge in [-0.3, -0.25) is 9.59 Å². The predicted octanol–water partition coefficient (Wildman–Crippen LogP) is 2.57. The van der Waals surface area contributed by atoms with Crippen LogP contribution in [0.15, 0.2) is 30.3 Å². The van der Waals surface area contributed by atoms with E-state index < -0.39 is 0 Å². The Balaban J connectivity index is 1.66. The highest BCUT2D eigenvalue weighted by Gasteiger charge is 2.32. The Bertz CT molecular complexity index is 683. The molecule has 0 aliphatic carbocycles. The molecule has 1 aromatic carbocycles. The van der Waals surface area contributed by atoms with Crippen LogP contribution in [0.1, 0.15) is 31.7 Å². The molecule has 2 amide bonds. The van der Waals surface area contributed by atoms with E-state index in [0.29, 0.717) is 32.7 Å². The molecule has 0 aromatic heterocycles. The third-order valence-electron chi connectivity index (χ3n) is 5.06. The van der Waals surface area contributed by atoms with Crippen LogP contribution in [0, 0.1) is 5.92 Å². The van der Waals surface area contributed by atoms with Gasteiger partial charge in [0.1, 0.15) is 5.75 Å². The van der Waals surface area contributed by atoms with Crippen LogP contribution in [-0.4, -0.2) is 54.9 Å². The largest absolute Gasteiger partial charge is 0.493 e. The number of hydrogen-bond donors (Lipinski definition) is 0. The molecular weight excluding hydrogens is 316 g/mol. The van der Waals surface area contributed by atoms with Gasteiger partial charge in [0.25, 0.3) is 0 Å². The molecule has 1 fully saturated rings. The van der Waals surface area contributed by atoms with Crippen molar-refractivity contribution in [2.24, 2.45) is 5.92 Å². The first-order chi connectivity index (χ1) is 12.1. The fourth-order valence-corrected chi connectivity index (χ4v) is 3.54. The third kappa shape index (κ3) is 3.86. The van der Waals surface area contributed by atoms with Gasteiger partial charge in [-0.2, -0.15) is 0 Å². The van der Waals surface area contributed by atoms with E-state index in [1.54, 1.807) is 11.9 Å². The van der Waals surface area contributed by atoms with Crippen LogP contribution in [0.25, 0.3) is 5.57 Å². The van der Waals surface area contributed by atoms with Crippen LogP contribution in [-0.2, 0) is 9.59 Å². The summed E-state index contributed by atoms with van der Waals surface area (Å²) in [5, 5.41) is 0. The topological polar surface area (TPSA) is 49.9 Å². The number of likely N-dealkylation sites (tertiary alicyclic amines) is 1. The first kappa shape index (κ1) is 17.5. The molecule has 5 heteroatoms. The number of ether oxygens (including phenoxy) is 1. The Kier molecular flexibility index (Phi) is 5.41. The lowest BCUT2D eigenvalue weighted by Gasteiger charge is -2.33. The molecule has 25 heavy (non-hydrogen) atoms. The molecular formula is C20H26N2O3. The van der Waals surface area contributed by atoms with Gasteiger partial charge in [0.2, 0.25) is 11.8 Å². The highest BCUT2D eigenvalue weighted by Crippen LogP contribution is 2.31. The molecule has 3 rings (SSSR count). The van der Waals surface area contributed by atoms with E-state index in [2.05, 4.69) is 12.1 Å². The Morgan fingerprint density at radius 2 is 2.08 bits per heavy atom. The Morgan fingerprint density at radius 3 is 2.76 bits per heavy atom. The number of nitrogens with zero attached hydrogens (tertiary/aromatic N) is 2. The first-order valence-corrected chi connectivity index (χ1v) is 9.04. The monoisotopic (exact) mass is 342 g/mol. The van der Waals surface area contributed by atoms with Gasteiger partial charge >= 0.3 is 0 Å². The van der Waals surface area contributed by atoms with Crippen LogP contribution >= 0.6 is 0 Å². The lowest BCUT2D eigenvalue weighted by Crippen LogP contribution is -2.45. The van der Waals surface area contributed by atoms with Crippen LogP contribution in [0.2, 0.25) is 0 Å². The number of benzene rings is 1. The van der Waals surface area contributed by atoms with Crippen molar-refractivity contribution >= 4 is 17.4 Å². The minimum Gasteiger partial charge on any atom is -0.493 e. The van der Waals surface area contributed by atoms with Gasteiger partial charge in [-0.15, -0.1) is 0 Å². The van der Waals surface area contributed by atoms with E-state index in [9.17, 15) is 9.59 Å². The zero-order chi connectivity index (χ0) is 17.8. The van der Waals surface area contributed by atoms with Crippen molar-refractivity contribution in [2.75, 3.05) is 33.3 Å². The summed E-state index contributed by atoms with van der Waals surface area (Å²) >= 11 is 0. The minimum atomic E-state index is -0.158. The zero-order valence-corrected chi connectivity index (χ0v) is 15.0. The molecule has 0 spiro atoms. The van der Waals surface area contributed by atoms with Crippen LogP contribution in [0.5, 0.6) is 5.75 Å². The maximum Gasteiger partial charge on any atom is 0.226 e. The second kappa shape index (κ2) is 7.72. The molecule has 1 saturated heterocycles. The maximum absolute atomic E-state index is 12.7. The van der Waals surface area contributed by atoms with Gasteiger partial charge < -0.3 is 14.5 Å². The van der Waals surface area contributed by atoms with Crippen molar-refractivity contribution in [1.82, 2.24) is 9.80 Å². The van der Waals surface area contributed by atoms with Gasteiger partial charge in [-0.1, -0.05) is 24.3 Å². The zero-order valence-electron chi connectivity index (χ0n) is 15.0. The van der Waals surface area contributed by atoms with Crippen LogP contribution in [0.4, 0.5) is 0 Å². The fraction of sp³-hybridized carbons (Fsp3) is 0.500. The summed E-state index contributed by atoms with van der Waals surface area (Å²) < 4.78 is 5.72. The molecule has 2 heterocycles. The van der Waals surface area contributed by atoms with E-state index in [1.165, 1.54) is 5.57 Å². The highest BCUT2D eigenvalue weighted by atomic mass is 16.5. The van der Waals surface area contributed by atoms with Crippen molar-refractivity contribution in [1.29, 1.82) is 0 Å². The van der Waals surface area contributed by atoms with Gasteiger partial charge in [0.05, 0.1) is 6.61 Å². The van der Waals surface area contributed by atoms with E-state index in [-0.39, 0.29) is 17.7 Å². The van der Waals surface area contributed by atoms with Crippen molar-refractivity contribution in [2.45, 2.75) is 26.2 Å². The van der Waals surface area contributed by atoms with E-state index in [1.807, 2.05) is 30.0 Å². The standard InChI is InChI=1S/C20H26N2O3/c1-3-25-18-7-5-4-6-17(18)15-9-12-22(13-10-15)20(24)16-8-11-21(2)19(23)14-16/h4-7,9,16H,3,8,10-14H2,1-2H3/t16-/m0/s1. The van der Waals surface area contributed by atoms with Gasteiger partial charge in [0, 0.05) is 44.6 Å². The molecule has 0 N–H and O–H groups in total. The average molecular weight is 342 g/mol. The van der Waals surface area contributed by atoms with Crippen LogP contribution < -0.4 is 4.74 Å². The molecule has 134 valence electrons. The molecule has 2 aliphatic heterocycles. The third-order valence-corrected chi connectivity index (χ3v) is 5.06. The minimum absolute atomic E-state index is 0.0727. The van der Waals surface area contributed by atoms with E-state index >= 15 is 0 Å². The number of rotatable bonds is 4. The van der Waals surface area contributed by atoms with Gasteiger partial charge in [-0.25, -0.2) is 0 Å². The summed E-state index contributed by atoms with van der Waals surface area (Å²) in [6.45, 7) is 4.60. The van der Waals surface area contributed by atoms with Gasteiger partial charge in [-0.05, 0) is 31.4 Å². The number of carbonyl (C=O) groups is 2. The van der Waals surface area contributed by atoms with Crippen molar-refractivity contribution < 1.29 is 14.3 Å². The number of hydrogen-bond acceptors (Lipinski definition) is 3. The molecule has 0 unspecified atom stereocenters. The van der Waals surface area contributed by atoms with Gasteiger partial charge in [0.15, 0.2) is 0 Å². The molecule has 5 nitrogen and oxygen atoms in total. The summed E-state index contributed by atoms with van der Waals surface area (Å²) in [4.78, 5) is 28.2. The van der Waals surface area contributed by atoms with Crippen molar-refractivity contribution in [3.63, 3.8) is 0 Å². The van der Waals surface area contributed by atoms with E-state index in [0.717, 1.165) is 24.2 Å². The number of para-hydroxylation sites is 1. The number of piperidine rings is 1. The molecule has 1 aromatic rings. The first-order valence-electron chi connectivity index (χ1n) is 9.04. The fourth-order valence-electron chi connectivity index (χ4n) is 3.54. The summed E-state index contributed by atoms with van der Waals surface area (Å²) in [5.74, 6) is 0.935. The maximum atomic E-state index is 12.7. The average Bonchev–Trinajstić information content (AvgIpc) is 2.64. The number of carbonyl (C=O) groups excluding carboxylic acids is 2. The summed E-state index contributed by atoms with van der Waals surface area (Å²) in [6.07, 6.45) is 4.04. The van der Waals surface area contributed by atoms with Crippen LogP contribution in [0.3, 0.4) is 0 Å². The lowest BCUT2D eigenvalue weighted by molar-refractivity contribution is -0.144. The summed E-state index contributed by atoms with van der Waals surface area (Å²) in [5.41, 5.74) is 2.35. The second-order valence-electron chi connectivity index (χ2n) is 6.70. The summed E-state index contributed by atoms with van der Waals surface area (Å²) in [7, 11) is 1.80. The normalized spacial score (nSPS) is 21.1. The predicted molar refractivity (Wildman–Crippen MR) is 97.1 cm³/mol. The smallest absolute Gasteiger partial charge is 0.226 e. The second-order valence-corrected chi connectivity index (χ2v) is 6.70. The molecule has 0 bridgehead atoms. The lowest BCUT2D eigenvalue weighted by atomic mass is 9.93. The van der Waals surface area contributed by atoms with Crippen molar-refractivity contribution in [3.05, 3.63) is 35.9 Å². The number of amides is 2. The quantitative estimate of drug-likeness (QED) is 0.845. The molecule has 2 aliphatic rings. The highest BCUT2D eigenvalue weighted by molar-refractivity contribution is 5.87. The van der Waals surface area contributed by atoms with Crippen molar-refractivity contribution in [3.8, 4) is 5.75 Å².